The first-order valence-electron chi connectivity index (χ1n) is 6.68. The molecule has 1 aliphatic heterocycles. The molecule has 0 spiro atoms. The summed E-state index contributed by atoms with van der Waals surface area (Å²) < 4.78 is 7.71. The Morgan fingerprint density at radius 3 is 3.11 bits per heavy atom. The Balaban J connectivity index is 1.74. The Morgan fingerprint density at radius 2 is 2.28 bits per heavy atom. The molecule has 1 aromatic carbocycles. The zero-order valence-electron chi connectivity index (χ0n) is 10.9. The van der Waals surface area contributed by atoms with Gasteiger partial charge in [0.15, 0.2) is 0 Å². The van der Waals surface area contributed by atoms with E-state index in [1.54, 1.807) is 0 Å². The van der Waals surface area contributed by atoms with Gasteiger partial charge < -0.3 is 14.6 Å². The van der Waals surface area contributed by atoms with Crippen LogP contribution >= 0.6 is 0 Å². The summed E-state index contributed by atoms with van der Waals surface area (Å²) in [6, 6.07) is 9.13. The molecule has 1 saturated heterocycles. The molecule has 0 saturated carbocycles. The van der Waals surface area contributed by atoms with E-state index in [1.165, 1.54) is 16.5 Å². The van der Waals surface area contributed by atoms with Gasteiger partial charge in [-0.2, -0.15) is 0 Å². The molecule has 1 N–H and O–H groups in total. The quantitative estimate of drug-likeness (QED) is 0.895. The third-order valence-electron chi connectivity index (χ3n) is 3.74. The summed E-state index contributed by atoms with van der Waals surface area (Å²) in [5.74, 6) is 0. The minimum Gasteiger partial charge on any atom is -0.379 e. The lowest BCUT2D eigenvalue weighted by molar-refractivity contribution is 0.0744. The van der Waals surface area contributed by atoms with E-state index in [0.717, 1.165) is 32.6 Å². The largest absolute Gasteiger partial charge is 0.379 e. The van der Waals surface area contributed by atoms with Crippen LogP contribution in [-0.2, 0) is 18.2 Å². The van der Waals surface area contributed by atoms with Crippen LogP contribution in [0.4, 0.5) is 0 Å². The topological polar surface area (TPSA) is 26.2 Å². The molecular weight excluding hydrogens is 224 g/mol. The second kappa shape index (κ2) is 5.12. The third-order valence-corrected chi connectivity index (χ3v) is 3.74. The highest BCUT2D eigenvalue weighted by Gasteiger charge is 2.14. The zero-order chi connectivity index (χ0) is 12.4. The summed E-state index contributed by atoms with van der Waals surface area (Å²) >= 11 is 0. The maximum atomic E-state index is 5.50. The predicted octanol–water partition coefficient (Wildman–Crippen LogP) is 2.10. The second-order valence-corrected chi connectivity index (χ2v) is 5.05. The standard InChI is InChI=1S/C15H20N2O/c1-17-10-12(14-4-2-3-5-15(14)17)6-7-13-11-18-9-8-16-13/h2-5,10,13,16H,6-9,11H2,1H3. The lowest BCUT2D eigenvalue weighted by Gasteiger charge is -2.23. The van der Waals surface area contributed by atoms with Gasteiger partial charge in [-0.25, -0.2) is 0 Å². The van der Waals surface area contributed by atoms with E-state index < -0.39 is 0 Å². The molecule has 2 aromatic rings. The third kappa shape index (κ3) is 2.28. The summed E-state index contributed by atoms with van der Waals surface area (Å²) in [4.78, 5) is 0. The van der Waals surface area contributed by atoms with Gasteiger partial charge in [-0.1, -0.05) is 18.2 Å². The number of morpholine rings is 1. The Bertz CT molecular complexity index is 526. The number of hydrogen-bond acceptors (Lipinski definition) is 2. The van der Waals surface area contributed by atoms with Crippen LogP contribution in [0.3, 0.4) is 0 Å². The van der Waals surface area contributed by atoms with Crippen molar-refractivity contribution in [2.75, 3.05) is 19.8 Å². The average Bonchev–Trinajstić information content (AvgIpc) is 2.75. The van der Waals surface area contributed by atoms with E-state index in [-0.39, 0.29) is 0 Å². The van der Waals surface area contributed by atoms with Crippen molar-refractivity contribution in [2.24, 2.45) is 7.05 Å². The molecule has 0 radical (unpaired) electrons. The molecule has 0 bridgehead atoms. The van der Waals surface area contributed by atoms with Gasteiger partial charge in [-0.15, -0.1) is 0 Å². The van der Waals surface area contributed by atoms with Crippen molar-refractivity contribution in [3.8, 4) is 0 Å². The van der Waals surface area contributed by atoms with Crippen LogP contribution in [0.25, 0.3) is 10.9 Å². The van der Waals surface area contributed by atoms with Crippen molar-refractivity contribution in [1.29, 1.82) is 0 Å². The van der Waals surface area contributed by atoms with Crippen LogP contribution in [0.15, 0.2) is 30.5 Å². The van der Waals surface area contributed by atoms with E-state index in [0.29, 0.717) is 6.04 Å². The number of ether oxygens (including phenoxy) is 1. The van der Waals surface area contributed by atoms with E-state index >= 15 is 0 Å². The molecule has 3 heteroatoms. The minimum atomic E-state index is 0.512. The normalized spacial score (nSPS) is 20.4. The van der Waals surface area contributed by atoms with Crippen LogP contribution in [-0.4, -0.2) is 30.4 Å². The summed E-state index contributed by atoms with van der Waals surface area (Å²) in [5.41, 5.74) is 2.76. The van der Waals surface area contributed by atoms with E-state index in [2.05, 4.69) is 47.4 Å². The molecule has 2 heterocycles. The first-order valence-corrected chi connectivity index (χ1v) is 6.68. The van der Waals surface area contributed by atoms with Gasteiger partial charge in [-0.3, -0.25) is 0 Å². The number of rotatable bonds is 3. The highest BCUT2D eigenvalue weighted by Crippen LogP contribution is 2.22. The second-order valence-electron chi connectivity index (χ2n) is 5.05. The highest BCUT2D eigenvalue weighted by atomic mass is 16.5. The van der Waals surface area contributed by atoms with Crippen molar-refractivity contribution < 1.29 is 4.74 Å². The summed E-state index contributed by atoms with van der Waals surface area (Å²) in [5, 5.41) is 4.90. The molecule has 3 nitrogen and oxygen atoms in total. The Kier molecular flexibility index (Phi) is 3.35. The molecule has 1 aliphatic rings. The van der Waals surface area contributed by atoms with Crippen molar-refractivity contribution in [1.82, 2.24) is 9.88 Å². The first-order chi connectivity index (χ1) is 8.84. The van der Waals surface area contributed by atoms with Crippen molar-refractivity contribution >= 4 is 10.9 Å². The van der Waals surface area contributed by atoms with Gasteiger partial charge in [0.1, 0.15) is 0 Å². The van der Waals surface area contributed by atoms with Gasteiger partial charge >= 0.3 is 0 Å². The number of para-hydroxylation sites is 1. The van der Waals surface area contributed by atoms with E-state index in [9.17, 15) is 0 Å². The van der Waals surface area contributed by atoms with Crippen molar-refractivity contribution in [2.45, 2.75) is 18.9 Å². The Morgan fingerprint density at radius 1 is 1.39 bits per heavy atom. The number of benzene rings is 1. The Hall–Kier alpha value is -1.32. The maximum Gasteiger partial charge on any atom is 0.0620 e. The zero-order valence-corrected chi connectivity index (χ0v) is 10.9. The van der Waals surface area contributed by atoms with Crippen LogP contribution in [0, 0.1) is 0 Å². The average molecular weight is 244 g/mol. The molecule has 0 aliphatic carbocycles. The molecular formula is C15H20N2O. The number of aromatic nitrogens is 1. The van der Waals surface area contributed by atoms with Crippen LogP contribution in [0.5, 0.6) is 0 Å². The summed E-state index contributed by atoms with van der Waals surface area (Å²) in [6.45, 7) is 2.69. The van der Waals surface area contributed by atoms with E-state index in [4.69, 9.17) is 4.74 Å². The maximum absolute atomic E-state index is 5.50. The molecule has 3 rings (SSSR count). The molecule has 1 atom stereocenters. The van der Waals surface area contributed by atoms with Gasteiger partial charge in [0, 0.05) is 36.7 Å². The molecule has 1 unspecified atom stereocenters. The van der Waals surface area contributed by atoms with Crippen molar-refractivity contribution in [3.05, 3.63) is 36.0 Å². The lowest BCUT2D eigenvalue weighted by atomic mass is 10.0. The number of nitrogens with zero attached hydrogens (tertiary/aromatic N) is 1. The smallest absolute Gasteiger partial charge is 0.0620 e. The molecule has 0 amide bonds. The highest BCUT2D eigenvalue weighted by molar-refractivity contribution is 5.83. The van der Waals surface area contributed by atoms with Gasteiger partial charge in [0.05, 0.1) is 13.2 Å². The first kappa shape index (κ1) is 11.8. The fourth-order valence-corrected chi connectivity index (χ4v) is 2.76. The van der Waals surface area contributed by atoms with Gasteiger partial charge in [-0.05, 0) is 24.5 Å². The number of fused-ring (bicyclic) bond motifs is 1. The Labute approximate surface area is 108 Å². The number of nitrogens with one attached hydrogen (secondary N) is 1. The molecule has 96 valence electrons. The van der Waals surface area contributed by atoms with Crippen molar-refractivity contribution in [3.63, 3.8) is 0 Å². The fourth-order valence-electron chi connectivity index (χ4n) is 2.76. The summed E-state index contributed by atoms with van der Waals surface area (Å²) in [6.07, 6.45) is 4.52. The molecule has 1 fully saturated rings. The van der Waals surface area contributed by atoms with E-state index in [1.807, 2.05) is 0 Å². The van der Waals surface area contributed by atoms with Crippen LogP contribution in [0.2, 0.25) is 0 Å². The van der Waals surface area contributed by atoms with Crippen LogP contribution < -0.4 is 5.32 Å². The number of aryl methyl sites for hydroxylation is 2. The van der Waals surface area contributed by atoms with Gasteiger partial charge in [0.2, 0.25) is 0 Å². The lowest BCUT2D eigenvalue weighted by Crippen LogP contribution is -2.41. The molecule has 1 aromatic heterocycles. The van der Waals surface area contributed by atoms with Gasteiger partial charge in [0.25, 0.3) is 0 Å². The minimum absolute atomic E-state index is 0.512. The fraction of sp³-hybridized carbons (Fsp3) is 0.467. The predicted molar refractivity (Wildman–Crippen MR) is 73.8 cm³/mol. The summed E-state index contributed by atoms with van der Waals surface area (Å²) in [7, 11) is 2.12. The number of hydrogen-bond donors (Lipinski definition) is 1. The SMILES string of the molecule is Cn1cc(CCC2COCCN2)c2ccccc21. The molecule has 18 heavy (non-hydrogen) atoms. The van der Waals surface area contributed by atoms with Crippen LogP contribution in [0.1, 0.15) is 12.0 Å². The monoisotopic (exact) mass is 244 g/mol.